The molecule has 9 heteroatoms. The second-order valence-electron chi connectivity index (χ2n) is 10.7. The van der Waals surface area contributed by atoms with Crippen LogP contribution in [0, 0.1) is 5.92 Å². The lowest BCUT2D eigenvalue weighted by Gasteiger charge is -2.46. The summed E-state index contributed by atoms with van der Waals surface area (Å²) in [5, 5.41) is 4.47. The van der Waals surface area contributed by atoms with Crippen LogP contribution in [-0.2, 0) is 14.4 Å². The van der Waals surface area contributed by atoms with Crippen LogP contribution in [0.3, 0.4) is 0 Å². The molecule has 1 aromatic rings. The Morgan fingerprint density at radius 2 is 1.59 bits per heavy atom. The lowest BCUT2D eigenvalue weighted by Crippen LogP contribution is -2.61. The predicted octanol–water partition coefficient (Wildman–Crippen LogP) is 2.69. The van der Waals surface area contributed by atoms with Crippen molar-refractivity contribution in [2.75, 3.05) is 52.4 Å². The van der Waals surface area contributed by atoms with E-state index in [-0.39, 0.29) is 23.5 Å². The Kier molecular flexibility index (Phi) is 7.79. The van der Waals surface area contributed by atoms with Gasteiger partial charge in [-0.3, -0.25) is 19.5 Å². The van der Waals surface area contributed by atoms with Crippen molar-refractivity contribution in [3.8, 4) is 0 Å². The van der Waals surface area contributed by atoms with E-state index in [1.165, 1.54) is 44.5 Å². The largest absolute Gasteiger partial charge is 0.375 e. The predicted molar refractivity (Wildman–Crippen MR) is 142 cm³/mol. The van der Waals surface area contributed by atoms with Gasteiger partial charge >= 0.3 is 0 Å². The van der Waals surface area contributed by atoms with Crippen molar-refractivity contribution in [1.82, 2.24) is 24.6 Å². The Hall–Kier alpha value is -2.94. The van der Waals surface area contributed by atoms with Gasteiger partial charge in [-0.05, 0) is 43.9 Å². The standard InChI is InChI=1S/C17H22N4O2.C11H18N2O/c1-13(22)20-11-6-17(21-9-2-3-10-21)15(12-20)16(19-23-17)14-4-7-18-8-5-14;1-10(14)12-8-4-11(5-9-12)13-6-2-3-7-13/h4-5,7-8,15H,2-3,6,9-12H2,1H3;4H,2-3,5-9H2,1H3. The number of amides is 2. The van der Waals surface area contributed by atoms with Gasteiger partial charge in [0.15, 0.2) is 0 Å². The van der Waals surface area contributed by atoms with E-state index in [2.05, 4.69) is 26.0 Å². The summed E-state index contributed by atoms with van der Waals surface area (Å²) in [6.45, 7) is 10.9. The second kappa shape index (κ2) is 11.2. The highest BCUT2D eigenvalue weighted by Gasteiger charge is 2.56. The van der Waals surface area contributed by atoms with E-state index in [9.17, 15) is 9.59 Å². The molecule has 0 aromatic carbocycles. The third-order valence-electron chi connectivity index (χ3n) is 8.53. The summed E-state index contributed by atoms with van der Waals surface area (Å²) in [6, 6.07) is 3.93. The molecule has 6 heterocycles. The fourth-order valence-corrected chi connectivity index (χ4v) is 6.36. The molecule has 0 saturated carbocycles. The highest BCUT2D eigenvalue weighted by molar-refractivity contribution is 6.03. The number of nitrogens with zero attached hydrogens (tertiary/aromatic N) is 6. The number of oxime groups is 1. The van der Waals surface area contributed by atoms with Gasteiger partial charge in [0.1, 0.15) is 0 Å². The third kappa shape index (κ3) is 5.37. The van der Waals surface area contributed by atoms with E-state index in [1.807, 2.05) is 21.9 Å². The highest BCUT2D eigenvalue weighted by Crippen LogP contribution is 2.43. The topological polar surface area (TPSA) is 81.6 Å². The molecule has 3 fully saturated rings. The van der Waals surface area contributed by atoms with E-state index in [1.54, 1.807) is 26.2 Å². The molecule has 2 unspecified atom stereocenters. The maximum Gasteiger partial charge on any atom is 0.219 e. The van der Waals surface area contributed by atoms with Crippen LogP contribution in [0.15, 0.2) is 41.5 Å². The van der Waals surface area contributed by atoms with Crippen molar-refractivity contribution < 1.29 is 14.4 Å². The zero-order chi connectivity index (χ0) is 25.8. The lowest BCUT2D eigenvalue weighted by molar-refractivity contribution is -0.180. The molecule has 0 aliphatic carbocycles. The molecule has 37 heavy (non-hydrogen) atoms. The number of hydrogen-bond donors (Lipinski definition) is 0. The average molecular weight is 509 g/mol. The van der Waals surface area contributed by atoms with E-state index in [0.717, 1.165) is 56.8 Å². The van der Waals surface area contributed by atoms with Gasteiger partial charge in [0.05, 0.1) is 11.6 Å². The molecule has 2 atom stereocenters. The smallest absolute Gasteiger partial charge is 0.219 e. The maximum atomic E-state index is 11.9. The fraction of sp³-hybridized carbons (Fsp3) is 0.643. The van der Waals surface area contributed by atoms with Gasteiger partial charge in [-0.25, -0.2) is 0 Å². The van der Waals surface area contributed by atoms with Crippen LogP contribution in [0.25, 0.3) is 0 Å². The molecule has 6 rings (SSSR count). The number of rotatable bonds is 3. The SMILES string of the molecule is CC(=O)N1CC=C(N2CCCC2)CC1.CC(=O)N1CCC2(N3CCCC3)ON=C(c3ccncc3)C2C1. The first-order valence-corrected chi connectivity index (χ1v) is 13.8. The summed E-state index contributed by atoms with van der Waals surface area (Å²) in [6.07, 6.45) is 12.7. The first-order valence-electron chi connectivity index (χ1n) is 13.8. The molecule has 2 amide bonds. The molecular formula is C28H40N6O3. The van der Waals surface area contributed by atoms with Crippen molar-refractivity contribution in [3.05, 3.63) is 41.9 Å². The minimum Gasteiger partial charge on any atom is -0.375 e. The Morgan fingerprint density at radius 1 is 0.919 bits per heavy atom. The fourth-order valence-electron chi connectivity index (χ4n) is 6.36. The minimum atomic E-state index is -0.374. The molecule has 5 aliphatic rings. The van der Waals surface area contributed by atoms with Crippen molar-refractivity contribution in [1.29, 1.82) is 0 Å². The van der Waals surface area contributed by atoms with E-state index >= 15 is 0 Å². The first-order chi connectivity index (χ1) is 18.0. The summed E-state index contributed by atoms with van der Waals surface area (Å²) < 4.78 is 0. The molecule has 1 aromatic heterocycles. The number of carbonyl (C=O) groups excluding carboxylic acids is 2. The number of fused-ring (bicyclic) bond motifs is 1. The van der Waals surface area contributed by atoms with Crippen molar-refractivity contribution in [3.63, 3.8) is 0 Å². The molecule has 5 aliphatic heterocycles. The van der Waals surface area contributed by atoms with Crippen LogP contribution in [0.5, 0.6) is 0 Å². The van der Waals surface area contributed by atoms with Crippen LogP contribution in [-0.4, -0.2) is 100 Å². The van der Waals surface area contributed by atoms with E-state index in [4.69, 9.17) is 4.84 Å². The number of carbonyl (C=O) groups is 2. The number of aromatic nitrogens is 1. The second-order valence-corrected chi connectivity index (χ2v) is 10.7. The van der Waals surface area contributed by atoms with Gasteiger partial charge in [0.2, 0.25) is 17.5 Å². The minimum absolute atomic E-state index is 0.0978. The number of pyridine rings is 1. The molecular weight excluding hydrogens is 468 g/mol. The monoisotopic (exact) mass is 508 g/mol. The van der Waals surface area contributed by atoms with E-state index < -0.39 is 0 Å². The van der Waals surface area contributed by atoms with Crippen molar-refractivity contribution in [2.24, 2.45) is 11.1 Å². The van der Waals surface area contributed by atoms with Crippen LogP contribution in [0.2, 0.25) is 0 Å². The van der Waals surface area contributed by atoms with Crippen molar-refractivity contribution >= 4 is 17.5 Å². The molecule has 0 spiro atoms. The van der Waals surface area contributed by atoms with Crippen molar-refractivity contribution in [2.45, 2.75) is 58.1 Å². The molecule has 9 nitrogen and oxygen atoms in total. The molecule has 0 radical (unpaired) electrons. The van der Waals surface area contributed by atoms with Gasteiger partial charge in [-0.15, -0.1) is 0 Å². The van der Waals surface area contributed by atoms with Crippen LogP contribution in [0.1, 0.15) is 57.9 Å². The molecule has 200 valence electrons. The Labute approximate surface area is 220 Å². The van der Waals surface area contributed by atoms with Crippen LogP contribution in [0.4, 0.5) is 0 Å². The van der Waals surface area contributed by atoms with Gasteiger partial charge < -0.3 is 19.5 Å². The summed E-state index contributed by atoms with van der Waals surface area (Å²) in [4.78, 5) is 41.9. The summed E-state index contributed by atoms with van der Waals surface area (Å²) >= 11 is 0. The Morgan fingerprint density at radius 3 is 2.22 bits per heavy atom. The van der Waals surface area contributed by atoms with Gasteiger partial charge in [0.25, 0.3) is 0 Å². The first kappa shape index (κ1) is 25.7. The third-order valence-corrected chi connectivity index (χ3v) is 8.53. The summed E-state index contributed by atoms with van der Waals surface area (Å²) in [7, 11) is 0. The average Bonchev–Trinajstić information content (AvgIpc) is 3.71. The zero-order valence-corrected chi connectivity index (χ0v) is 22.3. The lowest BCUT2D eigenvalue weighted by atomic mass is 9.81. The normalized spacial score (nSPS) is 27.6. The Balaban J connectivity index is 0.000000171. The van der Waals surface area contributed by atoms with E-state index in [0.29, 0.717) is 6.54 Å². The van der Waals surface area contributed by atoms with Gasteiger partial charge in [0, 0.05) is 103 Å². The van der Waals surface area contributed by atoms with Gasteiger partial charge in [-0.2, -0.15) is 0 Å². The highest BCUT2D eigenvalue weighted by atomic mass is 16.7. The number of likely N-dealkylation sites (tertiary alicyclic amines) is 3. The number of piperidine rings is 1. The van der Waals surface area contributed by atoms with Crippen LogP contribution >= 0.6 is 0 Å². The Bertz CT molecular complexity index is 1030. The molecule has 3 saturated heterocycles. The summed E-state index contributed by atoms with van der Waals surface area (Å²) in [5.41, 5.74) is 3.07. The van der Waals surface area contributed by atoms with Gasteiger partial charge in [-0.1, -0.05) is 5.16 Å². The maximum absolute atomic E-state index is 11.9. The molecule has 0 N–H and O–H groups in total. The van der Waals surface area contributed by atoms with Crippen LogP contribution < -0.4 is 0 Å². The summed E-state index contributed by atoms with van der Waals surface area (Å²) in [5.74, 6) is 0.420. The zero-order valence-electron chi connectivity index (χ0n) is 22.3. The quantitative estimate of drug-likeness (QED) is 0.625. The molecule has 0 bridgehead atoms. The number of hydrogen-bond acceptors (Lipinski definition) is 7.